The molecular formula is C14H19N3O. The largest absolute Gasteiger partial charge is 0.497 e. The molecule has 2 rings (SSSR count). The lowest BCUT2D eigenvalue weighted by Gasteiger charge is -2.14. The number of nitrogens with one attached hydrogen (secondary N) is 1. The Labute approximate surface area is 108 Å². The number of methoxy groups -OCH3 is 1. The Morgan fingerprint density at radius 3 is 2.50 bits per heavy atom. The normalized spacial score (nSPS) is 12.4. The second-order valence-electron chi connectivity index (χ2n) is 4.31. The summed E-state index contributed by atoms with van der Waals surface area (Å²) in [4.78, 5) is 0. The molecule has 0 saturated heterocycles. The van der Waals surface area contributed by atoms with Crippen LogP contribution in [0.5, 0.6) is 5.75 Å². The fraction of sp³-hybridized carbons (Fsp3) is 0.357. The van der Waals surface area contributed by atoms with Gasteiger partial charge in [0.15, 0.2) is 0 Å². The molecule has 2 aromatic rings. The summed E-state index contributed by atoms with van der Waals surface area (Å²) < 4.78 is 6.98. The molecule has 0 spiro atoms. The minimum atomic E-state index is 0.236. The van der Waals surface area contributed by atoms with Gasteiger partial charge in [0, 0.05) is 13.2 Å². The van der Waals surface area contributed by atoms with Crippen molar-refractivity contribution in [3.63, 3.8) is 0 Å². The van der Waals surface area contributed by atoms with Gasteiger partial charge in [-0.15, -0.1) is 0 Å². The highest BCUT2D eigenvalue weighted by molar-refractivity contribution is 5.28. The maximum absolute atomic E-state index is 5.16. The van der Waals surface area contributed by atoms with E-state index in [1.165, 1.54) is 5.56 Å². The number of hydrogen-bond acceptors (Lipinski definition) is 3. The van der Waals surface area contributed by atoms with Gasteiger partial charge in [-0.05, 0) is 37.2 Å². The van der Waals surface area contributed by atoms with E-state index in [1.54, 1.807) is 7.11 Å². The molecule has 0 aliphatic rings. The van der Waals surface area contributed by atoms with Gasteiger partial charge < -0.3 is 10.1 Å². The van der Waals surface area contributed by atoms with E-state index in [-0.39, 0.29) is 6.04 Å². The molecule has 0 fully saturated rings. The SMILES string of the molecule is CNC(Cc1ccc(OC)cc1)c1ccn(C)n1. The highest BCUT2D eigenvalue weighted by Gasteiger charge is 2.12. The van der Waals surface area contributed by atoms with Gasteiger partial charge in [0.05, 0.1) is 18.8 Å². The zero-order valence-electron chi connectivity index (χ0n) is 11.1. The van der Waals surface area contributed by atoms with Gasteiger partial charge in [-0.25, -0.2) is 0 Å². The average molecular weight is 245 g/mol. The summed E-state index contributed by atoms with van der Waals surface area (Å²) in [5.74, 6) is 0.887. The van der Waals surface area contributed by atoms with Gasteiger partial charge in [0.25, 0.3) is 0 Å². The van der Waals surface area contributed by atoms with Crippen LogP contribution in [0.3, 0.4) is 0 Å². The Kier molecular flexibility index (Phi) is 3.99. The van der Waals surface area contributed by atoms with Crippen molar-refractivity contribution >= 4 is 0 Å². The van der Waals surface area contributed by atoms with Gasteiger partial charge in [0.1, 0.15) is 5.75 Å². The summed E-state index contributed by atoms with van der Waals surface area (Å²) in [7, 11) is 5.58. The smallest absolute Gasteiger partial charge is 0.118 e. The second-order valence-corrected chi connectivity index (χ2v) is 4.31. The first-order valence-electron chi connectivity index (χ1n) is 6.02. The van der Waals surface area contributed by atoms with E-state index >= 15 is 0 Å². The lowest BCUT2D eigenvalue weighted by atomic mass is 10.0. The maximum atomic E-state index is 5.16. The number of aryl methyl sites for hydroxylation is 1. The van der Waals surface area contributed by atoms with Crippen LogP contribution in [0.15, 0.2) is 36.5 Å². The van der Waals surface area contributed by atoms with Crippen molar-refractivity contribution in [2.75, 3.05) is 14.2 Å². The molecule has 1 aromatic heterocycles. The number of likely N-dealkylation sites (N-methyl/N-ethyl adjacent to an activating group) is 1. The highest BCUT2D eigenvalue weighted by Crippen LogP contribution is 2.18. The van der Waals surface area contributed by atoms with Crippen LogP contribution in [0.4, 0.5) is 0 Å². The standard InChI is InChI=1S/C14H19N3O/c1-15-14(13-8-9-17(2)16-13)10-11-4-6-12(18-3)7-5-11/h4-9,14-15H,10H2,1-3H3. The molecule has 1 unspecified atom stereocenters. The lowest BCUT2D eigenvalue weighted by Crippen LogP contribution is -2.19. The summed E-state index contributed by atoms with van der Waals surface area (Å²) in [6.07, 6.45) is 2.88. The molecule has 0 bridgehead atoms. The van der Waals surface area contributed by atoms with Crippen molar-refractivity contribution in [1.82, 2.24) is 15.1 Å². The number of aromatic nitrogens is 2. The third-order valence-electron chi connectivity index (χ3n) is 3.04. The topological polar surface area (TPSA) is 39.1 Å². The van der Waals surface area contributed by atoms with Crippen molar-refractivity contribution in [2.24, 2.45) is 7.05 Å². The van der Waals surface area contributed by atoms with Crippen molar-refractivity contribution in [3.05, 3.63) is 47.8 Å². The lowest BCUT2D eigenvalue weighted by molar-refractivity contribution is 0.414. The average Bonchev–Trinajstić information content (AvgIpc) is 2.83. The number of benzene rings is 1. The van der Waals surface area contributed by atoms with Crippen LogP contribution >= 0.6 is 0 Å². The zero-order chi connectivity index (χ0) is 13.0. The molecule has 0 radical (unpaired) electrons. The predicted octanol–water partition coefficient (Wildman–Crippen LogP) is 1.93. The van der Waals surface area contributed by atoms with E-state index in [1.807, 2.05) is 43.2 Å². The molecule has 0 aliphatic heterocycles. The number of ether oxygens (including phenoxy) is 1. The monoisotopic (exact) mass is 245 g/mol. The van der Waals surface area contributed by atoms with Crippen molar-refractivity contribution in [1.29, 1.82) is 0 Å². The zero-order valence-corrected chi connectivity index (χ0v) is 11.1. The van der Waals surface area contributed by atoms with E-state index in [0.717, 1.165) is 17.9 Å². The van der Waals surface area contributed by atoms with Gasteiger partial charge in [-0.3, -0.25) is 4.68 Å². The van der Waals surface area contributed by atoms with Crippen molar-refractivity contribution < 1.29 is 4.74 Å². The molecule has 4 heteroatoms. The molecule has 0 aliphatic carbocycles. The van der Waals surface area contributed by atoms with Gasteiger partial charge >= 0.3 is 0 Å². The van der Waals surface area contributed by atoms with Gasteiger partial charge in [-0.1, -0.05) is 12.1 Å². The van der Waals surface area contributed by atoms with Gasteiger partial charge in [0.2, 0.25) is 0 Å². The fourth-order valence-electron chi connectivity index (χ4n) is 1.97. The van der Waals surface area contributed by atoms with Crippen LogP contribution in [-0.2, 0) is 13.5 Å². The summed E-state index contributed by atoms with van der Waals surface area (Å²) in [5, 5.41) is 7.74. The van der Waals surface area contributed by atoms with E-state index < -0.39 is 0 Å². The first kappa shape index (κ1) is 12.6. The van der Waals surface area contributed by atoms with Gasteiger partial charge in [-0.2, -0.15) is 5.10 Å². The molecule has 96 valence electrons. The molecule has 1 aromatic carbocycles. The number of rotatable bonds is 5. The molecule has 1 heterocycles. The number of hydrogen-bond donors (Lipinski definition) is 1. The third-order valence-corrected chi connectivity index (χ3v) is 3.04. The summed E-state index contributed by atoms with van der Waals surface area (Å²) in [6.45, 7) is 0. The summed E-state index contributed by atoms with van der Waals surface area (Å²) >= 11 is 0. The van der Waals surface area contributed by atoms with Crippen LogP contribution in [-0.4, -0.2) is 23.9 Å². The first-order chi connectivity index (χ1) is 8.72. The predicted molar refractivity (Wildman–Crippen MR) is 71.7 cm³/mol. The molecule has 18 heavy (non-hydrogen) atoms. The Morgan fingerprint density at radius 2 is 2.00 bits per heavy atom. The first-order valence-corrected chi connectivity index (χ1v) is 6.02. The molecule has 0 saturated carbocycles. The Morgan fingerprint density at radius 1 is 1.28 bits per heavy atom. The van der Waals surface area contributed by atoms with Crippen LogP contribution in [0.2, 0.25) is 0 Å². The minimum Gasteiger partial charge on any atom is -0.497 e. The molecule has 0 amide bonds. The van der Waals surface area contributed by atoms with E-state index in [2.05, 4.69) is 22.5 Å². The quantitative estimate of drug-likeness (QED) is 0.875. The van der Waals surface area contributed by atoms with E-state index in [0.29, 0.717) is 0 Å². The maximum Gasteiger partial charge on any atom is 0.118 e. The minimum absolute atomic E-state index is 0.236. The number of nitrogens with zero attached hydrogens (tertiary/aromatic N) is 2. The Bertz CT molecular complexity index is 490. The van der Waals surface area contributed by atoms with Crippen molar-refractivity contribution in [3.8, 4) is 5.75 Å². The summed E-state index contributed by atoms with van der Waals surface area (Å²) in [6, 6.07) is 10.4. The molecule has 1 N–H and O–H groups in total. The molecular weight excluding hydrogens is 226 g/mol. The van der Waals surface area contributed by atoms with Crippen molar-refractivity contribution in [2.45, 2.75) is 12.5 Å². The van der Waals surface area contributed by atoms with Crippen LogP contribution in [0.25, 0.3) is 0 Å². The third kappa shape index (κ3) is 2.90. The van der Waals surface area contributed by atoms with Crippen LogP contribution in [0.1, 0.15) is 17.3 Å². The fourth-order valence-corrected chi connectivity index (χ4v) is 1.97. The van der Waals surface area contributed by atoms with Crippen LogP contribution < -0.4 is 10.1 Å². The Hall–Kier alpha value is -1.81. The molecule has 1 atom stereocenters. The Balaban J connectivity index is 2.10. The molecule has 4 nitrogen and oxygen atoms in total. The van der Waals surface area contributed by atoms with Crippen LogP contribution in [0, 0.1) is 0 Å². The second kappa shape index (κ2) is 5.69. The van der Waals surface area contributed by atoms with E-state index in [9.17, 15) is 0 Å². The highest BCUT2D eigenvalue weighted by atomic mass is 16.5. The van der Waals surface area contributed by atoms with E-state index in [4.69, 9.17) is 4.74 Å². The summed E-state index contributed by atoms with van der Waals surface area (Å²) in [5.41, 5.74) is 2.33.